The SMILES string of the molecule is F[B-](F)(F)c1ccnc(OC2CC2)c1.[K+]. The van der Waals surface area contributed by atoms with E-state index < -0.39 is 12.4 Å². The van der Waals surface area contributed by atoms with Crippen molar-refractivity contribution in [3.8, 4) is 5.88 Å². The molecular formula is C8H8BF3KNO. The normalized spacial score (nSPS) is 15.7. The molecule has 0 saturated heterocycles. The molecule has 0 radical (unpaired) electrons. The van der Waals surface area contributed by atoms with Gasteiger partial charge in [0.05, 0.1) is 0 Å². The van der Waals surface area contributed by atoms with Crippen LogP contribution in [0.2, 0.25) is 0 Å². The van der Waals surface area contributed by atoms with Gasteiger partial charge in [-0.05, 0) is 18.9 Å². The molecule has 1 aromatic heterocycles. The van der Waals surface area contributed by atoms with Gasteiger partial charge >= 0.3 is 58.4 Å². The van der Waals surface area contributed by atoms with Crippen LogP contribution in [0.4, 0.5) is 12.9 Å². The quantitative estimate of drug-likeness (QED) is 0.612. The number of nitrogens with zero attached hydrogens (tertiary/aromatic N) is 1. The summed E-state index contributed by atoms with van der Waals surface area (Å²) < 4.78 is 42.1. The van der Waals surface area contributed by atoms with E-state index >= 15 is 0 Å². The van der Waals surface area contributed by atoms with Crippen LogP contribution < -0.4 is 61.6 Å². The minimum absolute atomic E-state index is 0. The first kappa shape index (κ1) is 13.5. The summed E-state index contributed by atoms with van der Waals surface area (Å²) in [5, 5.41) is 0. The van der Waals surface area contributed by atoms with Crippen molar-refractivity contribution in [2.45, 2.75) is 18.9 Å². The van der Waals surface area contributed by atoms with Crippen molar-refractivity contribution in [3.05, 3.63) is 18.3 Å². The summed E-state index contributed by atoms with van der Waals surface area (Å²) in [5.41, 5.74) is -0.657. The van der Waals surface area contributed by atoms with Gasteiger partial charge in [-0.3, -0.25) is 0 Å². The Labute approximate surface area is 128 Å². The predicted octanol–water partition coefficient (Wildman–Crippen LogP) is -1.32. The van der Waals surface area contributed by atoms with Crippen molar-refractivity contribution in [3.63, 3.8) is 0 Å². The second-order valence-corrected chi connectivity index (χ2v) is 3.32. The Balaban J connectivity index is 0.00000112. The first-order chi connectivity index (χ1) is 6.55. The van der Waals surface area contributed by atoms with Gasteiger partial charge in [0.15, 0.2) is 0 Å². The van der Waals surface area contributed by atoms with E-state index in [0.29, 0.717) is 0 Å². The van der Waals surface area contributed by atoms with Crippen LogP contribution in [0.3, 0.4) is 0 Å². The van der Waals surface area contributed by atoms with E-state index in [-0.39, 0.29) is 63.4 Å². The third kappa shape index (κ3) is 4.07. The topological polar surface area (TPSA) is 22.1 Å². The monoisotopic (exact) mass is 241 g/mol. The van der Waals surface area contributed by atoms with E-state index in [1.165, 1.54) is 0 Å². The number of ether oxygens (including phenoxy) is 1. The molecule has 15 heavy (non-hydrogen) atoms. The molecule has 2 rings (SSSR count). The Kier molecular flexibility index (Phi) is 4.66. The molecule has 1 aromatic rings. The van der Waals surface area contributed by atoms with Crippen molar-refractivity contribution in [1.82, 2.24) is 4.98 Å². The fraction of sp³-hybridized carbons (Fsp3) is 0.375. The Hall–Kier alpha value is 0.441. The summed E-state index contributed by atoms with van der Waals surface area (Å²) >= 11 is 0. The van der Waals surface area contributed by atoms with Gasteiger partial charge in [0.25, 0.3) is 0 Å². The molecule has 1 heterocycles. The summed E-state index contributed by atoms with van der Waals surface area (Å²) in [5.74, 6) is 0.0733. The number of pyridine rings is 1. The number of aromatic nitrogens is 1. The Morgan fingerprint density at radius 1 is 1.33 bits per heavy atom. The molecule has 1 aliphatic rings. The largest absolute Gasteiger partial charge is 1.00 e. The van der Waals surface area contributed by atoms with Crippen molar-refractivity contribution < 1.29 is 69.1 Å². The molecule has 1 aliphatic carbocycles. The van der Waals surface area contributed by atoms with Crippen molar-refractivity contribution in [2.24, 2.45) is 0 Å². The molecule has 0 aliphatic heterocycles. The number of hydrogen-bond acceptors (Lipinski definition) is 2. The van der Waals surface area contributed by atoms with Gasteiger partial charge in [-0.1, -0.05) is 6.07 Å². The maximum atomic E-state index is 12.3. The minimum Gasteiger partial charge on any atom is -0.474 e. The fourth-order valence-corrected chi connectivity index (χ4v) is 1.05. The number of halogens is 3. The molecule has 0 spiro atoms. The number of rotatable bonds is 3. The standard InChI is InChI=1S/C8H8BF3NO.K/c10-9(11,12)6-3-4-13-8(5-6)14-7-1-2-7;/h3-5,7H,1-2H2;/q-1;+1. The van der Waals surface area contributed by atoms with E-state index in [2.05, 4.69) is 4.98 Å². The zero-order chi connectivity index (χ0) is 10.2. The maximum Gasteiger partial charge on any atom is 1.00 e. The van der Waals surface area contributed by atoms with E-state index in [1.54, 1.807) is 0 Å². The summed E-state index contributed by atoms with van der Waals surface area (Å²) in [6.45, 7) is -4.95. The number of hydrogen-bond donors (Lipinski definition) is 0. The molecule has 0 bridgehead atoms. The molecule has 0 N–H and O–H groups in total. The summed E-state index contributed by atoms with van der Waals surface area (Å²) in [6, 6.07) is 1.91. The molecule has 1 saturated carbocycles. The van der Waals surface area contributed by atoms with Crippen molar-refractivity contribution in [1.29, 1.82) is 0 Å². The third-order valence-corrected chi connectivity index (χ3v) is 1.95. The molecule has 76 valence electrons. The van der Waals surface area contributed by atoms with Gasteiger partial charge in [-0.15, -0.1) is 5.46 Å². The fourth-order valence-electron chi connectivity index (χ4n) is 1.05. The van der Waals surface area contributed by atoms with Crippen LogP contribution in [0.1, 0.15) is 12.8 Å². The van der Waals surface area contributed by atoms with Crippen LogP contribution in [0.25, 0.3) is 0 Å². The Morgan fingerprint density at radius 2 is 2.00 bits per heavy atom. The average Bonchev–Trinajstić information content (AvgIpc) is 2.87. The van der Waals surface area contributed by atoms with Gasteiger partial charge in [0.1, 0.15) is 6.10 Å². The van der Waals surface area contributed by atoms with Crippen LogP contribution in [0.15, 0.2) is 18.3 Å². The van der Waals surface area contributed by atoms with Gasteiger partial charge in [0, 0.05) is 6.20 Å². The second-order valence-electron chi connectivity index (χ2n) is 3.32. The average molecular weight is 241 g/mol. The first-order valence-corrected chi connectivity index (χ1v) is 4.38. The Bertz CT molecular complexity index is 343. The van der Waals surface area contributed by atoms with Crippen LogP contribution in [-0.2, 0) is 0 Å². The van der Waals surface area contributed by atoms with E-state index in [4.69, 9.17) is 4.74 Å². The summed E-state index contributed by atoms with van der Waals surface area (Å²) in [7, 11) is 0. The molecule has 7 heteroatoms. The van der Waals surface area contributed by atoms with Crippen LogP contribution >= 0.6 is 0 Å². The van der Waals surface area contributed by atoms with E-state index in [1.807, 2.05) is 0 Å². The van der Waals surface area contributed by atoms with E-state index in [0.717, 1.165) is 31.2 Å². The molecule has 1 fully saturated rings. The summed E-state index contributed by atoms with van der Waals surface area (Å²) in [6.07, 6.45) is 3.01. The predicted molar refractivity (Wildman–Crippen MR) is 46.6 cm³/mol. The van der Waals surface area contributed by atoms with Gasteiger partial charge in [0.2, 0.25) is 5.88 Å². The molecule has 2 nitrogen and oxygen atoms in total. The van der Waals surface area contributed by atoms with Gasteiger partial charge in [-0.2, -0.15) is 0 Å². The smallest absolute Gasteiger partial charge is 0.474 e. The Morgan fingerprint density at radius 3 is 2.53 bits per heavy atom. The zero-order valence-corrected chi connectivity index (χ0v) is 11.4. The van der Waals surface area contributed by atoms with Crippen molar-refractivity contribution in [2.75, 3.05) is 0 Å². The molecule has 0 unspecified atom stereocenters. The minimum atomic E-state index is -4.95. The van der Waals surface area contributed by atoms with Gasteiger partial charge < -0.3 is 17.7 Å². The second kappa shape index (κ2) is 5.18. The third-order valence-electron chi connectivity index (χ3n) is 1.95. The molecule has 0 aromatic carbocycles. The van der Waals surface area contributed by atoms with Crippen molar-refractivity contribution >= 4 is 12.4 Å². The summed E-state index contributed by atoms with van der Waals surface area (Å²) in [4.78, 5) is 3.72. The molecule has 0 amide bonds. The van der Waals surface area contributed by atoms with Crippen LogP contribution in [-0.4, -0.2) is 18.1 Å². The van der Waals surface area contributed by atoms with E-state index in [9.17, 15) is 12.9 Å². The molecule has 0 atom stereocenters. The maximum absolute atomic E-state index is 12.3. The first-order valence-electron chi connectivity index (χ1n) is 4.38. The van der Waals surface area contributed by atoms with Crippen LogP contribution in [0.5, 0.6) is 5.88 Å². The molecular weight excluding hydrogens is 233 g/mol. The van der Waals surface area contributed by atoms with Crippen LogP contribution in [0, 0.1) is 0 Å². The van der Waals surface area contributed by atoms with Gasteiger partial charge in [-0.25, -0.2) is 4.98 Å². The zero-order valence-electron chi connectivity index (χ0n) is 8.29.